The summed E-state index contributed by atoms with van der Waals surface area (Å²) in [4.78, 5) is 10.0. The molecule has 1 N–H and O–H groups in total. The van der Waals surface area contributed by atoms with E-state index in [0.29, 0.717) is 18.3 Å². The molecule has 3 rings (SSSR count). The first-order valence-corrected chi connectivity index (χ1v) is 6.28. The number of rotatable bonds is 4. The molecule has 0 saturated heterocycles. The van der Waals surface area contributed by atoms with Crippen LogP contribution in [0.1, 0.15) is 29.3 Å². The summed E-state index contributed by atoms with van der Waals surface area (Å²) in [5, 5.41) is 13.9. The van der Waals surface area contributed by atoms with E-state index in [1.807, 2.05) is 6.07 Å². The first-order valence-electron chi connectivity index (χ1n) is 6.28. The Bertz CT molecular complexity index is 606. The molecule has 5 heteroatoms. The summed E-state index contributed by atoms with van der Waals surface area (Å²) in [6.45, 7) is 0.507. The zero-order chi connectivity index (χ0) is 13.2. The second kappa shape index (κ2) is 4.85. The average Bonchev–Trinajstić information content (AvgIpc) is 3.03. The Kier molecular flexibility index (Phi) is 3.05. The number of aryl methyl sites for hydroxylation is 1. The van der Waals surface area contributed by atoms with Gasteiger partial charge in [0.1, 0.15) is 10.7 Å². The molecule has 1 aromatic carbocycles. The van der Waals surface area contributed by atoms with E-state index in [4.69, 9.17) is 4.42 Å². The normalized spacial score (nSPS) is 17.4. The van der Waals surface area contributed by atoms with Gasteiger partial charge in [-0.25, -0.2) is 0 Å². The molecule has 1 unspecified atom stereocenters. The highest BCUT2D eigenvalue weighted by molar-refractivity contribution is 5.34. The number of furan rings is 1. The van der Waals surface area contributed by atoms with Gasteiger partial charge >= 0.3 is 5.88 Å². The van der Waals surface area contributed by atoms with Crippen molar-refractivity contribution in [1.82, 2.24) is 5.32 Å². The highest BCUT2D eigenvalue weighted by atomic mass is 16.6. The third-order valence-corrected chi connectivity index (χ3v) is 3.48. The molecule has 1 aliphatic carbocycles. The SMILES string of the molecule is O=[N+]([O-])c1ccc(CNC2CCc3ccccc32)o1. The predicted molar refractivity (Wildman–Crippen MR) is 69.7 cm³/mol. The van der Waals surface area contributed by atoms with E-state index >= 15 is 0 Å². The van der Waals surface area contributed by atoms with E-state index in [2.05, 4.69) is 23.5 Å². The molecule has 19 heavy (non-hydrogen) atoms. The molecule has 98 valence electrons. The largest absolute Gasteiger partial charge is 0.433 e. The lowest BCUT2D eigenvalue weighted by molar-refractivity contribution is -0.402. The summed E-state index contributed by atoms with van der Waals surface area (Å²) in [7, 11) is 0. The molecule has 1 aliphatic rings. The summed E-state index contributed by atoms with van der Waals surface area (Å²) in [6, 6.07) is 11.7. The average molecular weight is 258 g/mol. The predicted octanol–water partition coefficient (Wildman–Crippen LogP) is 2.96. The second-order valence-corrected chi connectivity index (χ2v) is 4.67. The van der Waals surface area contributed by atoms with Gasteiger partial charge in [-0.05, 0) is 30.0 Å². The fourth-order valence-corrected chi connectivity index (χ4v) is 2.55. The molecule has 0 bridgehead atoms. The van der Waals surface area contributed by atoms with Crippen LogP contribution in [0.5, 0.6) is 0 Å². The van der Waals surface area contributed by atoms with E-state index < -0.39 is 4.92 Å². The number of nitrogens with one attached hydrogen (secondary N) is 1. The standard InChI is InChI=1S/C14H14N2O3/c17-16(18)14-8-6-11(19-14)9-15-13-7-5-10-3-1-2-4-12(10)13/h1-4,6,8,13,15H,5,7,9H2. The molecular weight excluding hydrogens is 244 g/mol. The van der Waals surface area contributed by atoms with Gasteiger partial charge in [-0.2, -0.15) is 0 Å². The molecule has 0 saturated carbocycles. The summed E-state index contributed by atoms with van der Waals surface area (Å²) >= 11 is 0. The lowest BCUT2D eigenvalue weighted by Gasteiger charge is -2.12. The van der Waals surface area contributed by atoms with Crippen LogP contribution < -0.4 is 5.32 Å². The van der Waals surface area contributed by atoms with Crippen LogP contribution in [0.3, 0.4) is 0 Å². The van der Waals surface area contributed by atoms with E-state index in [-0.39, 0.29) is 5.88 Å². The van der Waals surface area contributed by atoms with Gasteiger partial charge in [-0.3, -0.25) is 10.1 Å². The molecule has 0 aliphatic heterocycles. The highest BCUT2D eigenvalue weighted by Crippen LogP contribution is 2.31. The minimum absolute atomic E-state index is 0.205. The van der Waals surface area contributed by atoms with E-state index in [1.54, 1.807) is 6.07 Å². The molecule has 1 aromatic heterocycles. The molecule has 2 aromatic rings. The van der Waals surface area contributed by atoms with Gasteiger partial charge in [0.15, 0.2) is 0 Å². The van der Waals surface area contributed by atoms with Crippen LogP contribution in [-0.2, 0) is 13.0 Å². The van der Waals surface area contributed by atoms with Gasteiger partial charge in [0.2, 0.25) is 0 Å². The first-order chi connectivity index (χ1) is 9.24. The zero-order valence-corrected chi connectivity index (χ0v) is 10.3. The van der Waals surface area contributed by atoms with Crippen molar-refractivity contribution < 1.29 is 9.34 Å². The van der Waals surface area contributed by atoms with Crippen molar-refractivity contribution in [2.45, 2.75) is 25.4 Å². The second-order valence-electron chi connectivity index (χ2n) is 4.67. The van der Waals surface area contributed by atoms with Crippen molar-refractivity contribution in [1.29, 1.82) is 0 Å². The van der Waals surface area contributed by atoms with Crippen LogP contribution in [-0.4, -0.2) is 4.92 Å². The van der Waals surface area contributed by atoms with Crippen molar-refractivity contribution in [3.63, 3.8) is 0 Å². The molecular formula is C14H14N2O3. The Hall–Kier alpha value is -2.14. The van der Waals surface area contributed by atoms with Crippen molar-refractivity contribution in [2.75, 3.05) is 0 Å². The lowest BCUT2D eigenvalue weighted by atomic mass is 10.1. The van der Waals surface area contributed by atoms with Crippen molar-refractivity contribution in [3.8, 4) is 0 Å². The number of nitrogens with zero attached hydrogens (tertiary/aromatic N) is 1. The number of benzene rings is 1. The van der Waals surface area contributed by atoms with E-state index in [1.165, 1.54) is 17.2 Å². The Balaban J connectivity index is 1.65. The van der Waals surface area contributed by atoms with E-state index in [0.717, 1.165) is 12.8 Å². The Morgan fingerprint density at radius 1 is 1.32 bits per heavy atom. The molecule has 0 radical (unpaired) electrons. The highest BCUT2D eigenvalue weighted by Gasteiger charge is 2.21. The summed E-state index contributed by atoms with van der Waals surface area (Å²) < 4.78 is 5.13. The van der Waals surface area contributed by atoms with Crippen molar-refractivity contribution >= 4 is 5.88 Å². The van der Waals surface area contributed by atoms with Crippen LogP contribution in [0.4, 0.5) is 5.88 Å². The third-order valence-electron chi connectivity index (χ3n) is 3.48. The fourth-order valence-electron chi connectivity index (χ4n) is 2.55. The Morgan fingerprint density at radius 3 is 2.95 bits per heavy atom. The summed E-state index contributed by atoms with van der Waals surface area (Å²) in [5.74, 6) is 0.389. The first kappa shape index (κ1) is 11.9. The number of hydrogen-bond donors (Lipinski definition) is 1. The summed E-state index contributed by atoms with van der Waals surface area (Å²) in [5.41, 5.74) is 2.70. The van der Waals surface area contributed by atoms with Gasteiger partial charge < -0.3 is 9.73 Å². The molecule has 0 fully saturated rings. The minimum Gasteiger partial charge on any atom is -0.404 e. The Morgan fingerprint density at radius 2 is 2.16 bits per heavy atom. The quantitative estimate of drug-likeness (QED) is 0.676. The van der Waals surface area contributed by atoms with Crippen molar-refractivity contribution in [3.05, 3.63) is 63.4 Å². The maximum Gasteiger partial charge on any atom is 0.433 e. The van der Waals surface area contributed by atoms with E-state index in [9.17, 15) is 10.1 Å². The minimum atomic E-state index is -0.519. The van der Waals surface area contributed by atoms with Crippen LogP contribution in [0.2, 0.25) is 0 Å². The van der Waals surface area contributed by atoms with Crippen LogP contribution in [0.15, 0.2) is 40.8 Å². The number of hydrogen-bond acceptors (Lipinski definition) is 4. The molecule has 5 nitrogen and oxygen atoms in total. The maximum atomic E-state index is 10.5. The molecule has 1 atom stereocenters. The monoisotopic (exact) mass is 258 g/mol. The molecule has 0 spiro atoms. The fraction of sp³-hybridized carbons (Fsp3) is 0.286. The van der Waals surface area contributed by atoms with Gasteiger partial charge in [-0.15, -0.1) is 0 Å². The van der Waals surface area contributed by atoms with Gasteiger partial charge in [0.25, 0.3) is 0 Å². The number of fused-ring (bicyclic) bond motifs is 1. The smallest absolute Gasteiger partial charge is 0.404 e. The van der Waals surface area contributed by atoms with Gasteiger partial charge in [0.05, 0.1) is 12.6 Å². The topological polar surface area (TPSA) is 68.3 Å². The molecule has 1 heterocycles. The van der Waals surface area contributed by atoms with Crippen LogP contribution >= 0.6 is 0 Å². The maximum absolute atomic E-state index is 10.5. The summed E-state index contributed by atoms with van der Waals surface area (Å²) in [6.07, 6.45) is 2.13. The zero-order valence-electron chi connectivity index (χ0n) is 10.3. The third kappa shape index (κ3) is 2.37. The lowest BCUT2D eigenvalue weighted by Crippen LogP contribution is -2.18. The molecule has 0 amide bonds. The number of nitro groups is 1. The van der Waals surface area contributed by atoms with Gasteiger partial charge in [0, 0.05) is 6.04 Å². The van der Waals surface area contributed by atoms with Crippen LogP contribution in [0, 0.1) is 10.1 Å². The van der Waals surface area contributed by atoms with Crippen molar-refractivity contribution in [2.24, 2.45) is 0 Å². The van der Waals surface area contributed by atoms with Gasteiger partial charge in [-0.1, -0.05) is 24.3 Å². The Labute approximate surface area is 110 Å². The van der Waals surface area contributed by atoms with Crippen LogP contribution in [0.25, 0.3) is 0 Å².